The summed E-state index contributed by atoms with van der Waals surface area (Å²) in [7, 11) is 1.48. The van der Waals surface area contributed by atoms with Crippen LogP contribution < -0.4 is 10.1 Å². The first kappa shape index (κ1) is 12.6. The first-order valence-corrected chi connectivity index (χ1v) is 5.55. The molecule has 0 radical (unpaired) electrons. The number of ether oxygens (including phenoxy) is 1. The highest BCUT2D eigenvalue weighted by Gasteiger charge is 2.14. The minimum Gasteiger partial charge on any atom is -0.495 e. The molecule has 0 aliphatic rings. The lowest BCUT2D eigenvalue weighted by Gasteiger charge is -2.11. The van der Waals surface area contributed by atoms with Crippen molar-refractivity contribution in [2.45, 2.75) is 0 Å². The zero-order valence-electron chi connectivity index (χ0n) is 10.3. The molecule has 19 heavy (non-hydrogen) atoms. The molecule has 0 aliphatic heterocycles. The number of carbonyl (C=O) groups is 1. The lowest BCUT2D eigenvalue weighted by atomic mass is 10.1. The first-order chi connectivity index (χ1) is 9.26. The number of para-hydroxylation sites is 1. The number of nitrogens with zero attached hydrogens (tertiary/aromatic N) is 2. The summed E-state index contributed by atoms with van der Waals surface area (Å²) in [6, 6.07) is 12.0. The number of nitriles is 1. The van der Waals surface area contributed by atoms with E-state index in [-0.39, 0.29) is 11.6 Å². The van der Waals surface area contributed by atoms with E-state index in [1.807, 2.05) is 6.07 Å². The molecule has 0 bridgehead atoms. The zero-order valence-corrected chi connectivity index (χ0v) is 10.3. The van der Waals surface area contributed by atoms with Gasteiger partial charge < -0.3 is 10.1 Å². The molecule has 1 aromatic carbocycles. The van der Waals surface area contributed by atoms with Crippen molar-refractivity contribution in [1.29, 1.82) is 5.26 Å². The van der Waals surface area contributed by atoms with Crippen LogP contribution in [0.4, 0.5) is 5.69 Å². The summed E-state index contributed by atoms with van der Waals surface area (Å²) in [6.45, 7) is 0. The molecule has 1 N–H and O–H groups in total. The molecule has 1 aromatic heterocycles. The number of aromatic nitrogens is 1. The number of carbonyl (C=O) groups excluding carboxylic acids is 1. The molecular formula is C14H11N3O2. The van der Waals surface area contributed by atoms with Crippen LogP contribution in [0.25, 0.3) is 0 Å². The molecule has 5 nitrogen and oxygen atoms in total. The van der Waals surface area contributed by atoms with Crippen molar-refractivity contribution >= 4 is 11.6 Å². The van der Waals surface area contributed by atoms with E-state index in [1.54, 1.807) is 36.4 Å². The molecular weight excluding hydrogens is 242 g/mol. The Morgan fingerprint density at radius 2 is 2.16 bits per heavy atom. The van der Waals surface area contributed by atoms with Gasteiger partial charge in [0.1, 0.15) is 23.2 Å². The molecule has 1 amide bonds. The average molecular weight is 253 g/mol. The van der Waals surface area contributed by atoms with Gasteiger partial charge in [0.15, 0.2) is 0 Å². The average Bonchev–Trinajstić information content (AvgIpc) is 2.48. The van der Waals surface area contributed by atoms with Crippen LogP contribution in [0, 0.1) is 11.3 Å². The molecule has 0 saturated carbocycles. The molecule has 2 aromatic rings. The maximum absolute atomic E-state index is 12.0. The zero-order chi connectivity index (χ0) is 13.7. The van der Waals surface area contributed by atoms with E-state index < -0.39 is 0 Å². The van der Waals surface area contributed by atoms with Crippen molar-refractivity contribution in [1.82, 2.24) is 4.98 Å². The topological polar surface area (TPSA) is 75.0 Å². The third-order valence-electron chi connectivity index (χ3n) is 2.50. The number of benzene rings is 1. The highest BCUT2D eigenvalue weighted by molar-refractivity contribution is 6.04. The first-order valence-electron chi connectivity index (χ1n) is 5.55. The molecule has 5 heteroatoms. The van der Waals surface area contributed by atoms with E-state index >= 15 is 0 Å². The highest BCUT2D eigenvalue weighted by Crippen LogP contribution is 2.28. The predicted octanol–water partition coefficient (Wildman–Crippen LogP) is 2.21. The summed E-state index contributed by atoms with van der Waals surface area (Å²) in [5.74, 6) is 0.0462. The monoisotopic (exact) mass is 253 g/mol. The van der Waals surface area contributed by atoms with Crippen LogP contribution in [0.1, 0.15) is 16.1 Å². The molecule has 0 fully saturated rings. The molecule has 0 aliphatic carbocycles. The number of methoxy groups -OCH3 is 1. The Bertz CT molecular complexity index is 633. The molecule has 1 heterocycles. The summed E-state index contributed by atoms with van der Waals surface area (Å²) < 4.78 is 5.14. The standard InChI is InChI=1S/C14H11N3O2/c1-19-12-7-4-5-10(9-15)13(12)17-14(18)11-6-2-3-8-16-11/h2-8H,1H3,(H,17,18). The molecule has 0 saturated heterocycles. The fourth-order valence-corrected chi connectivity index (χ4v) is 1.60. The minimum absolute atomic E-state index is 0.275. The predicted molar refractivity (Wildman–Crippen MR) is 69.9 cm³/mol. The maximum atomic E-state index is 12.0. The van der Waals surface area contributed by atoms with Gasteiger partial charge in [0.25, 0.3) is 5.91 Å². The van der Waals surface area contributed by atoms with Gasteiger partial charge in [-0.25, -0.2) is 0 Å². The van der Waals surface area contributed by atoms with Crippen LogP contribution in [-0.4, -0.2) is 18.0 Å². The van der Waals surface area contributed by atoms with Gasteiger partial charge in [0.2, 0.25) is 0 Å². The number of hydrogen-bond acceptors (Lipinski definition) is 4. The van der Waals surface area contributed by atoms with Crippen LogP contribution in [0.3, 0.4) is 0 Å². The molecule has 0 spiro atoms. The van der Waals surface area contributed by atoms with E-state index in [0.29, 0.717) is 17.0 Å². The molecule has 0 atom stereocenters. The van der Waals surface area contributed by atoms with Gasteiger partial charge in [-0.1, -0.05) is 12.1 Å². The molecule has 2 rings (SSSR count). The third-order valence-corrected chi connectivity index (χ3v) is 2.50. The highest BCUT2D eigenvalue weighted by atomic mass is 16.5. The largest absolute Gasteiger partial charge is 0.495 e. The number of pyridine rings is 1. The van der Waals surface area contributed by atoms with E-state index in [1.165, 1.54) is 13.3 Å². The third kappa shape index (κ3) is 2.69. The van der Waals surface area contributed by atoms with Crippen molar-refractivity contribution in [3.8, 4) is 11.8 Å². The van der Waals surface area contributed by atoms with E-state index in [0.717, 1.165) is 0 Å². The lowest BCUT2D eigenvalue weighted by molar-refractivity contribution is 0.102. The van der Waals surface area contributed by atoms with Gasteiger partial charge in [0.05, 0.1) is 12.7 Å². The van der Waals surface area contributed by atoms with Gasteiger partial charge in [-0.05, 0) is 24.3 Å². The number of anilines is 1. The van der Waals surface area contributed by atoms with Crippen LogP contribution in [0.15, 0.2) is 42.6 Å². The summed E-state index contributed by atoms with van der Waals surface area (Å²) in [4.78, 5) is 16.0. The molecule has 94 valence electrons. The van der Waals surface area contributed by atoms with E-state index in [9.17, 15) is 4.79 Å². The lowest BCUT2D eigenvalue weighted by Crippen LogP contribution is -2.15. The number of amides is 1. The van der Waals surface area contributed by atoms with E-state index in [4.69, 9.17) is 10.00 Å². The van der Waals surface area contributed by atoms with Crippen LogP contribution in [0.2, 0.25) is 0 Å². The van der Waals surface area contributed by atoms with Crippen LogP contribution >= 0.6 is 0 Å². The Labute approximate surface area is 110 Å². The van der Waals surface area contributed by atoms with Crippen molar-refractivity contribution in [3.05, 3.63) is 53.9 Å². The quantitative estimate of drug-likeness (QED) is 0.910. The molecule has 0 unspecified atom stereocenters. The van der Waals surface area contributed by atoms with Crippen LogP contribution in [-0.2, 0) is 0 Å². The van der Waals surface area contributed by atoms with Crippen molar-refractivity contribution in [3.63, 3.8) is 0 Å². The van der Waals surface area contributed by atoms with Crippen molar-refractivity contribution in [2.24, 2.45) is 0 Å². The van der Waals surface area contributed by atoms with Crippen molar-refractivity contribution < 1.29 is 9.53 Å². The van der Waals surface area contributed by atoms with Gasteiger partial charge in [-0.15, -0.1) is 0 Å². The number of nitrogens with one attached hydrogen (secondary N) is 1. The smallest absolute Gasteiger partial charge is 0.274 e. The Morgan fingerprint density at radius 3 is 2.79 bits per heavy atom. The Hall–Kier alpha value is -2.87. The number of hydrogen-bond donors (Lipinski definition) is 1. The van der Waals surface area contributed by atoms with Crippen molar-refractivity contribution in [2.75, 3.05) is 12.4 Å². The fourth-order valence-electron chi connectivity index (χ4n) is 1.60. The van der Waals surface area contributed by atoms with E-state index in [2.05, 4.69) is 10.3 Å². The van der Waals surface area contributed by atoms with Crippen LogP contribution in [0.5, 0.6) is 5.75 Å². The summed E-state index contributed by atoms with van der Waals surface area (Å²) in [5, 5.41) is 11.7. The summed E-state index contributed by atoms with van der Waals surface area (Å²) in [6.07, 6.45) is 1.53. The summed E-state index contributed by atoms with van der Waals surface area (Å²) in [5.41, 5.74) is 0.962. The van der Waals surface area contributed by atoms with Gasteiger partial charge in [-0.2, -0.15) is 5.26 Å². The summed E-state index contributed by atoms with van der Waals surface area (Å²) >= 11 is 0. The number of rotatable bonds is 3. The minimum atomic E-state index is -0.387. The fraction of sp³-hybridized carbons (Fsp3) is 0.0714. The second-order valence-electron chi connectivity index (χ2n) is 3.66. The Balaban J connectivity index is 2.34. The van der Waals surface area contributed by atoms with Gasteiger partial charge in [0, 0.05) is 6.20 Å². The second kappa shape index (κ2) is 5.65. The maximum Gasteiger partial charge on any atom is 0.274 e. The Morgan fingerprint density at radius 1 is 1.32 bits per heavy atom. The Kier molecular flexibility index (Phi) is 3.74. The SMILES string of the molecule is COc1cccc(C#N)c1NC(=O)c1ccccn1. The normalized spacial score (nSPS) is 9.47. The van der Waals surface area contributed by atoms with Gasteiger partial charge >= 0.3 is 0 Å². The second-order valence-corrected chi connectivity index (χ2v) is 3.66. The van der Waals surface area contributed by atoms with Gasteiger partial charge in [-0.3, -0.25) is 9.78 Å².